The quantitative estimate of drug-likeness (QED) is 0.465. The Kier molecular flexibility index (Phi) is 10.4. The first kappa shape index (κ1) is 29.8. The van der Waals surface area contributed by atoms with E-state index < -0.39 is 24.3 Å². The number of ether oxygens (including phenoxy) is 1. The first-order valence-electron chi connectivity index (χ1n) is 10.4. The molecule has 0 aromatic carbocycles. The van der Waals surface area contributed by atoms with Crippen molar-refractivity contribution in [2.75, 3.05) is 18.1 Å². The highest BCUT2D eigenvalue weighted by Crippen LogP contribution is 2.20. The number of nitrogens with zero attached hydrogens (tertiary/aromatic N) is 6. The van der Waals surface area contributed by atoms with Crippen LogP contribution in [-0.4, -0.2) is 72.2 Å². The second-order valence-electron chi connectivity index (χ2n) is 7.42. The van der Waals surface area contributed by atoms with E-state index in [0.29, 0.717) is 12.5 Å². The molecule has 1 unspecified atom stereocenters. The normalized spacial score (nSPS) is 15.0. The zero-order chi connectivity index (χ0) is 28.3. The maximum absolute atomic E-state index is 10.6. The van der Waals surface area contributed by atoms with E-state index >= 15 is 0 Å². The topological polar surface area (TPSA) is 144 Å². The Balaban J connectivity index is 0.000000301. The van der Waals surface area contributed by atoms with Gasteiger partial charge in [0.2, 0.25) is 11.8 Å². The van der Waals surface area contributed by atoms with E-state index in [-0.39, 0.29) is 5.92 Å². The van der Waals surface area contributed by atoms with Crippen molar-refractivity contribution >= 4 is 17.9 Å². The van der Waals surface area contributed by atoms with Crippen LogP contribution in [0.3, 0.4) is 0 Å². The molecule has 206 valence electrons. The van der Waals surface area contributed by atoms with Crippen molar-refractivity contribution in [3.05, 3.63) is 61.1 Å². The number of rotatable bonds is 4. The Hall–Kier alpha value is -4.44. The van der Waals surface area contributed by atoms with Gasteiger partial charge in [0.15, 0.2) is 0 Å². The van der Waals surface area contributed by atoms with Crippen molar-refractivity contribution in [2.45, 2.75) is 25.4 Å². The molecule has 11 nitrogen and oxygen atoms in total. The lowest BCUT2D eigenvalue weighted by Gasteiger charge is -2.23. The Morgan fingerprint density at radius 2 is 1.50 bits per heavy atom. The lowest BCUT2D eigenvalue weighted by molar-refractivity contribution is -0.193. The molecule has 0 saturated carbocycles. The van der Waals surface area contributed by atoms with Gasteiger partial charge in [-0.25, -0.2) is 29.5 Å². The van der Waals surface area contributed by atoms with Crippen LogP contribution in [0.25, 0.3) is 0 Å². The third kappa shape index (κ3) is 9.90. The van der Waals surface area contributed by atoms with E-state index in [1.165, 1.54) is 0 Å². The minimum Gasteiger partial charge on any atom is -0.477 e. The number of aliphatic carboxylic acids is 2. The second kappa shape index (κ2) is 13.2. The molecular formula is C21H20F6N6O5. The molecule has 1 aliphatic heterocycles. The van der Waals surface area contributed by atoms with Gasteiger partial charge in [-0.05, 0) is 12.1 Å². The number of halogens is 6. The molecular weight excluding hydrogens is 530 g/mol. The highest BCUT2D eigenvalue weighted by Gasteiger charge is 2.38. The number of aromatic nitrogens is 5. The number of anilines is 1. The second-order valence-corrected chi connectivity index (χ2v) is 7.42. The fourth-order valence-electron chi connectivity index (χ4n) is 2.90. The number of imidazole rings is 1. The summed E-state index contributed by atoms with van der Waals surface area (Å²) in [5.41, 5.74) is 1.16. The number of carbonyl (C=O) groups is 2. The third-order valence-electron chi connectivity index (χ3n) is 4.51. The number of hydrogen-bond acceptors (Lipinski definition) is 8. The van der Waals surface area contributed by atoms with E-state index in [2.05, 4.69) is 29.4 Å². The molecule has 1 aliphatic rings. The number of carboxylic acid groups (broad SMARTS) is 2. The standard InChI is InChI=1S/C17H18N6O.2C2HF3O2/c1-2-5-19-16(4-1)24-12-14-9-22(17-20-6-3-7-21-17)11-15-8-18-13-23(15)10-14;2*3-2(4,5)1(6)7/h1-8,13-14H,9-12H2;2*(H,6,7). The highest BCUT2D eigenvalue weighted by molar-refractivity contribution is 5.73. The highest BCUT2D eigenvalue weighted by atomic mass is 19.4. The summed E-state index contributed by atoms with van der Waals surface area (Å²) >= 11 is 0. The molecule has 4 rings (SSSR count). The zero-order valence-corrected chi connectivity index (χ0v) is 19.2. The van der Waals surface area contributed by atoms with Crippen molar-refractivity contribution < 1.29 is 50.9 Å². The molecule has 3 aromatic heterocycles. The third-order valence-corrected chi connectivity index (χ3v) is 4.51. The van der Waals surface area contributed by atoms with Crippen LogP contribution in [0.15, 0.2) is 55.4 Å². The summed E-state index contributed by atoms with van der Waals surface area (Å²) < 4.78 is 71.5. The average Bonchev–Trinajstić information content (AvgIpc) is 3.21. The van der Waals surface area contributed by atoms with Crippen molar-refractivity contribution in [1.29, 1.82) is 0 Å². The van der Waals surface area contributed by atoms with Gasteiger partial charge >= 0.3 is 24.3 Å². The van der Waals surface area contributed by atoms with Crippen molar-refractivity contribution in [3.63, 3.8) is 0 Å². The SMILES string of the molecule is O=C(O)C(F)(F)F.O=C(O)C(F)(F)F.c1ccc(OCC2CN(c3ncccn3)Cc3cncn3C2)nc1. The first-order valence-corrected chi connectivity index (χ1v) is 10.4. The lowest BCUT2D eigenvalue weighted by Crippen LogP contribution is -2.32. The van der Waals surface area contributed by atoms with Gasteiger partial charge in [-0.1, -0.05) is 6.07 Å². The van der Waals surface area contributed by atoms with Crippen molar-refractivity contribution in [2.24, 2.45) is 5.92 Å². The number of fused-ring (bicyclic) bond motifs is 1. The molecule has 0 aliphatic carbocycles. The van der Waals surface area contributed by atoms with E-state index in [4.69, 9.17) is 24.5 Å². The van der Waals surface area contributed by atoms with E-state index in [9.17, 15) is 26.3 Å². The lowest BCUT2D eigenvalue weighted by atomic mass is 10.1. The van der Waals surface area contributed by atoms with Crippen LogP contribution in [-0.2, 0) is 22.7 Å². The van der Waals surface area contributed by atoms with Gasteiger partial charge in [0, 0.05) is 49.9 Å². The van der Waals surface area contributed by atoms with Crippen LogP contribution in [0.2, 0.25) is 0 Å². The van der Waals surface area contributed by atoms with Crippen molar-refractivity contribution in [3.8, 4) is 5.88 Å². The first-order chi connectivity index (χ1) is 17.8. The summed E-state index contributed by atoms with van der Waals surface area (Å²) in [6.45, 7) is 2.99. The summed E-state index contributed by atoms with van der Waals surface area (Å²) in [4.78, 5) is 37.2. The van der Waals surface area contributed by atoms with E-state index in [1.54, 1.807) is 18.6 Å². The fourth-order valence-corrected chi connectivity index (χ4v) is 2.90. The molecule has 0 fully saturated rings. The minimum absolute atomic E-state index is 0.284. The van der Waals surface area contributed by atoms with Crippen LogP contribution in [0.4, 0.5) is 32.3 Å². The van der Waals surface area contributed by atoms with Gasteiger partial charge in [-0.3, -0.25) is 0 Å². The molecule has 17 heteroatoms. The predicted octanol–water partition coefficient (Wildman–Crippen LogP) is 3.05. The maximum Gasteiger partial charge on any atom is 0.490 e. The Morgan fingerprint density at radius 3 is 2.03 bits per heavy atom. The van der Waals surface area contributed by atoms with Crippen LogP contribution in [0.1, 0.15) is 5.69 Å². The Morgan fingerprint density at radius 1 is 0.921 bits per heavy atom. The number of alkyl halides is 6. The van der Waals surface area contributed by atoms with Crippen LogP contribution in [0.5, 0.6) is 5.88 Å². The Labute approximate surface area is 210 Å². The van der Waals surface area contributed by atoms with E-state index in [0.717, 1.165) is 31.3 Å². The summed E-state index contributed by atoms with van der Waals surface area (Å²) in [7, 11) is 0. The fraction of sp³-hybridized carbons (Fsp3) is 0.333. The van der Waals surface area contributed by atoms with Gasteiger partial charge in [0.25, 0.3) is 0 Å². The van der Waals surface area contributed by atoms with Crippen LogP contribution in [0, 0.1) is 5.92 Å². The Bertz CT molecular complexity index is 1140. The molecule has 0 radical (unpaired) electrons. The summed E-state index contributed by atoms with van der Waals surface area (Å²) in [6.07, 6.45) is -1.12. The summed E-state index contributed by atoms with van der Waals surface area (Å²) in [5, 5.41) is 14.2. The van der Waals surface area contributed by atoms with Gasteiger partial charge in [0.05, 0.1) is 25.2 Å². The molecule has 0 amide bonds. The molecule has 2 N–H and O–H groups in total. The maximum atomic E-state index is 10.6. The molecule has 3 aromatic rings. The molecule has 0 bridgehead atoms. The number of hydrogen-bond donors (Lipinski definition) is 2. The summed E-state index contributed by atoms with van der Waals surface area (Å²) in [6, 6.07) is 7.50. The number of carboxylic acids is 2. The monoisotopic (exact) mass is 550 g/mol. The average molecular weight is 550 g/mol. The zero-order valence-electron chi connectivity index (χ0n) is 19.2. The molecule has 1 atom stereocenters. The largest absolute Gasteiger partial charge is 0.490 e. The van der Waals surface area contributed by atoms with Gasteiger partial charge in [-0.2, -0.15) is 26.3 Å². The predicted molar refractivity (Wildman–Crippen MR) is 116 cm³/mol. The minimum atomic E-state index is -5.08. The molecule has 0 saturated heterocycles. The molecule has 0 spiro atoms. The van der Waals surface area contributed by atoms with Crippen molar-refractivity contribution in [1.82, 2.24) is 24.5 Å². The van der Waals surface area contributed by atoms with Gasteiger partial charge < -0.3 is 24.4 Å². The smallest absolute Gasteiger partial charge is 0.477 e. The number of pyridine rings is 1. The van der Waals surface area contributed by atoms with E-state index in [1.807, 2.05) is 36.8 Å². The molecule has 38 heavy (non-hydrogen) atoms. The van der Waals surface area contributed by atoms with Crippen LogP contribution < -0.4 is 9.64 Å². The van der Waals surface area contributed by atoms with Gasteiger partial charge in [-0.15, -0.1) is 0 Å². The van der Waals surface area contributed by atoms with Crippen LogP contribution >= 0.6 is 0 Å². The summed E-state index contributed by atoms with van der Waals surface area (Å²) in [5.74, 6) is -3.85. The molecule has 4 heterocycles. The van der Waals surface area contributed by atoms with Gasteiger partial charge in [0.1, 0.15) is 0 Å².